The molecule has 0 bridgehead atoms. The molecule has 1 aromatic heterocycles. The molecule has 1 aromatic carbocycles. The van der Waals surface area contributed by atoms with Gasteiger partial charge < -0.3 is 15.5 Å². The van der Waals surface area contributed by atoms with Crippen LogP contribution in [0, 0.1) is 0 Å². The largest absolute Gasteiger partial charge is 0.357 e. The summed E-state index contributed by atoms with van der Waals surface area (Å²) in [6.07, 6.45) is 0.950. The van der Waals surface area contributed by atoms with Gasteiger partial charge in [0.1, 0.15) is 6.54 Å². The molecule has 148 valence electrons. The zero-order valence-electron chi connectivity index (χ0n) is 16.0. The zero-order chi connectivity index (χ0) is 18.6. The molecule has 0 aliphatic carbocycles. The van der Waals surface area contributed by atoms with Crippen LogP contribution < -0.4 is 10.6 Å². The Bertz CT molecular complexity index is 677. The van der Waals surface area contributed by atoms with Crippen LogP contribution >= 0.6 is 35.3 Å². The molecule has 0 saturated heterocycles. The van der Waals surface area contributed by atoms with Crippen molar-refractivity contribution in [2.45, 2.75) is 26.8 Å². The molecule has 0 unspecified atom stereocenters. The van der Waals surface area contributed by atoms with Crippen molar-refractivity contribution in [3.63, 3.8) is 0 Å². The Morgan fingerprint density at radius 1 is 1.11 bits per heavy atom. The van der Waals surface area contributed by atoms with E-state index in [0.717, 1.165) is 25.1 Å². The van der Waals surface area contributed by atoms with Crippen molar-refractivity contribution in [3.8, 4) is 0 Å². The molecule has 2 N–H and O–H groups in total. The average Bonchev–Trinajstić information content (AvgIpc) is 3.18. The number of thiophene rings is 1. The normalized spacial score (nSPS) is 10.8. The molecule has 0 atom stereocenters. The first kappa shape index (κ1) is 23.4. The lowest BCUT2D eigenvalue weighted by molar-refractivity contribution is -0.130. The van der Waals surface area contributed by atoms with Crippen molar-refractivity contribution in [1.82, 2.24) is 15.5 Å². The van der Waals surface area contributed by atoms with Gasteiger partial charge >= 0.3 is 0 Å². The van der Waals surface area contributed by atoms with E-state index < -0.39 is 0 Å². The van der Waals surface area contributed by atoms with E-state index >= 15 is 0 Å². The van der Waals surface area contributed by atoms with E-state index in [1.54, 1.807) is 11.3 Å². The lowest BCUT2D eigenvalue weighted by Crippen LogP contribution is -2.40. The Labute approximate surface area is 183 Å². The second-order valence-corrected chi connectivity index (χ2v) is 6.88. The van der Waals surface area contributed by atoms with Crippen molar-refractivity contribution in [3.05, 3.63) is 58.3 Å². The Balaban J connectivity index is 0.00000364. The van der Waals surface area contributed by atoms with Gasteiger partial charge in [-0.2, -0.15) is 0 Å². The van der Waals surface area contributed by atoms with Crippen LogP contribution in [0.25, 0.3) is 0 Å². The van der Waals surface area contributed by atoms with Gasteiger partial charge in [0.15, 0.2) is 5.96 Å². The maximum absolute atomic E-state index is 12.5. The third-order valence-electron chi connectivity index (χ3n) is 3.91. The molecule has 5 nitrogen and oxygen atoms in total. The molecule has 0 aliphatic heterocycles. The third-order valence-corrected chi connectivity index (χ3v) is 4.85. The fourth-order valence-electron chi connectivity index (χ4n) is 2.53. The Kier molecular flexibility index (Phi) is 11.8. The summed E-state index contributed by atoms with van der Waals surface area (Å²) in [5.41, 5.74) is 1.13. The number of rotatable bonds is 9. The molecule has 1 amide bonds. The lowest BCUT2D eigenvalue weighted by atomic mass is 10.2. The van der Waals surface area contributed by atoms with Crippen molar-refractivity contribution in [2.75, 3.05) is 26.2 Å². The fourth-order valence-corrected chi connectivity index (χ4v) is 3.24. The number of benzene rings is 1. The van der Waals surface area contributed by atoms with E-state index in [0.29, 0.717) is 19.0 Å². The average molecular weight is 500 g/mol. The lowest BCUT2D eigenvalue weighted by Gasteiger charge is -2.20. The molecule has 7 heteroatoms. The van der Waals surface area contributed by atoms with Crippen LogP contribution in [0.4, 0.5) is 0 Å². The number of guanidine groups is 1. The maximum Gasteiger partial charge on any atom is 0.244 e. The van der Waals surface area contributed by atoms with Crippen molar-refractivity contribution >= 4 is 47.2 Å². The summed E-state index contributed by atoms with van der Waals surface area (Å²) in [5.74, 6) is 0.722. The minimum atomic E-state index is 0. The van der Waals surface area contributed by atoms with Gasteiger partial charge in [-0.1, -0.05) is 36.4 Å². The van der Waals surface area contributed by atoms with Gasteiger partial charge in [0.2, 0.25) is 5.91 Å². The highest BCUT2D eigenvalue weighted by Gasteiger charge is 2.12. The molecule has 2 rings (SSSR count). The molecule has 0 spiro atoms. The standard InChI is InChI=1S/C20H28N4OS.HI/c1-3-21-20(22-13-12-18-11-8-14-26-18)23-15-19(25)24(4-2)16-17-9-6-5-7-10-17;/h5-11,14H,3-4,12-13,15-16H2,1-2H3,(H2,21,22,23);1H. The number of carbonyl (C=O) groups excluding carboxylic acids is 1. The number of likely N-dealkylation sites (N-methyl/N-ethyl adjacent to an activating group) is 1. The van der Waals surface area contributed by atoms with Gasteiger partial charge in [-0.25, -0.2) is 4.99 Å². The monoisotopic (exact) mass is 500 g/mol. The summed E-state index contributed by atoms with van der Waals surface area (Å²) < 4.78 is 0. The predicted molar refractivity (Wildman–Crippen MR) is 125 cm³/mol. The zero-order valence-corrected chi connectivity index (χ0v) is 19.1. The van der Waals surface area contributed by atoms with Gasteiger partial charge in [-0.05, 0) is 37.3 Å². The summed E-state index contributed by atoms with van der Waals surface area (Å²) in [4.78, 5) is 20.1. The van der Waals surface area contributed by atoms with E-state index in [9.17, 15) is 4.79 Å². The third kappa shape index (κ3) is 8.75. The first-order chi connectivity index (χ1) is 12.7. The van der Waals surface area contributed by atoms with Crippen LogP contribution in [0.1, 0.15) is 24.3 Å². The highest BCUT2D eigenvalue weighted by atomic mass is 127. The number of nitrogens with one attached hydrogen (secondary N) is 2. The Hall–Kier alpha value is -1.61. The van der Waals surface area contributed by atoms with Gasteiger partial charge in [-0.15, -0.1) is 35.3 Å². The second-order valence-electron chi connectivity index (χ2n) is 5.84. The molecule has 0 fully saturated rings. The number of halogens is 1. The van der Waals surface area contributed by atoms with Crippen LogP contribution in [-0.2, 0) is 17.8 Å². The fraction of sp³-hybridized carbons (Fsp3) is 0.400. The number of hydrogen-bond acceptors (Lipinski definition) is 3. The topological polar surface area (TPSA) is 56.7 Å². The number of carbonyl (C=O) groups is 1. The summed E-state index contributed by atoms with van der Waals surface area (Å²) in [6.45, 7) is 7.01. The van der Waals surface area contributed by atoms with Gasteiger partial charge in [-0.3, -0.25) is 4.79 Å². The van der Waals surface area contributed by atoms with Crippen LogP contribution in [-0.4, -0.2) is 42.9 Å². The summed E-state index contributed by atoms with van der Waals surface area (Å²) in [7, 11) is 0. The maximum atomic E-state index is 12.5. The first-order valence-corrected chi connectivity index (χ1v) is 9.97. The molecule has 2 aromatic rings. The number of hydrogen-bond donors (Lipinski definition) is 2. The minimum Gasteiger partial charge on any atom is -0.357 e. The predicted octanol–water partition coefficient (Wildman–Crippen LogP) is 3.51. The SMILES string of the molecule is CCNC(=NCC(=O)N(CC)Cc1ccccc1)NCCc1cccs1.I. The number of nitrogens with zero attached hydrogens (tertiary/aromatic N) is 2. The van der Waals surface area contributed by atoms with Crippen molar-refractivity contribution in [1.29, 1.82) is 0 Å². The molecular formula is C20H29IN4OS. The second kappa shape index (κ2) is 13.5. The molecule has 0 aliphatic rings. The van der Waals surface area contributed by atoms with Crippen LogP contribution in [0.15, 0.2) is 52.8 Å². The van der Waals surface area contributed by atoms with E-state index in [1.165, 1.54) is 4.88 Å². The number of amides is 1. The van der Waals surface area contributed by atoms with Crippen molar-refractivity contribution in [2.24, 2.45) is 4.99 Å². The Morgan fingerprint density at radius 2 is 1.89 bits per heavy atom. The van der Waals surface area contributed by atoms with Crippen LogP contribution in [0.3, 0.4) is 0 Å². The van der Waals surface area contributed by atoms with Crippen molar-refractivity contribution < 1.29 is 4.79 Å². The quantitative estimate of drug-likeness (QED) is 0.315. The van der Waals surface area contributed by atoms with Gasteiger partial charge in [0, 0.05) is 31.1 Å². The number of aliphatic imine (C=N–C) groups is 1. The van der Waals surface area contributed by atoms with E-state index in [-0.39, 0.29) is 36.4 Å². The van der Waals surface area contributed by atoms with Crippen LogP contribution in [0.5, 0.6) is 0 Å². The molecular weight excluding hydrogens is 471 g/mol. The first-order valence-electron chi connectivity index (χ1n) is 9.09. The highest BCUT2D eigenvalue weighted by Crippen LogP contribution is 2.08. The van der Waals surface area contributed by atoms with E-state index in [2.05, 4.69) is 33.1 Å². The minimum absolute atomic E-state index is 0. The van der Waals surface area contributed by atoms with E-state index in [4.69, 9.17) is 0 Å². The smallest absolute Gasteiger partial charge is 0.244 e. The molecule has 0 radical (unpaired) electrons. The summed E-state index contributed by atoms with van der Waals surface area (Å²) in [6, 6.07) is 14.2. The van der Waals surface area contributed by atoms with Crippen LogP contribution in [0.2, 0.25) is 0 Å². The molecule has 0 saturated carbocycles. The van der Waals surface area contributed by atoms with Gasteiger partial charge in [0.05, 0.1) is 0 Å². The van der Waals surface area contributed by atoms with E-state index in [1.807, 2.05) is 49.1 Å². The molecule has 27 heavy (non-hydrogen) atoms. The molecule has 1 heterocycles. The summed E-state index contributed by atoms with van der Waals surface area (Å²) in [5, 5.41) is 8.57. The summed E-state index contributed by atoms with van der Waals surface area (Å²) >= 11 is 1.75. The van der Waals surface area contributed by atoms with Gasteiger partial charge in [0.25, 0.3) is 0 Å². The Morgan fingerprint density at radius 3 is 2.52 bits per heavy atom. The highest BCUT2D eigenvalue weighted by molar-refractivity contribution is 14.0.